The molecule has 0 atom stereocenters. The van der Waals surface area contributed by atoms with Gasteiger partial charge in [-0.3, -0.25) is 0 Å². The highest BCUT2D eigenvalue weighted by Crippen LogP contribution is 2.40. The van der Waals surface area contributed by atoms with E-state index in [2.05, 4.69) is 0 Å². The van der Waals surface area contributed by atoms with Crippen LogP contribution in [-0.2, 0) is 6.18 Å². The van der Waals surface area contributed by atoms with Gasteiger partial charge in [-0.15, -0.1) is 0 Å². The van der Waals surface area contributed by atoms with Crippen molar-refractivity contribution >= 4 is 40.7 Å². The first-order valence-corrected chi connectivity index (χ1v) is 6.94. The van der Waals surface area contributed by atoms with Crippen LogP contribution in [0.3, 0.4) is 0 Å². The van der Waals surface area contributed by atoms with E-state index in [1.807, 2.05) is 0 Å². The standard InChI is InChI=1S/C13H8Cl2F3NS/c14-10-5-8(19)6-11(15)12(10)20-9-3-1-7(2-4-9)13(16,17)18/h1-6H,19H2. The monoisotopic (exact) mass is 337 g/mol. The molecule has 0 saturated heterocycles. The normalized spacial score (nSPS) is 11.7. The molecular formula is C13H8Cl2F3NS. The number of alkyl halides is 3. The van der Waals surface area contributed by atoms with Crippen molar-refractivity contribution in [3.63, 3.8) is 0 Å². The second-order valence-corrected chi connectivity index (χ2v) is 5.84. The molecular weight excluding hydrogens is 330 g/mol. The summed E-state index contributed by atoms with van der Waals surface area (Å²) in [7, 11) is 0. The molecule has 0 unspecified atom stereocenters. The Morgan fingerprint density at radius 3 is 1.90 bits per heavy atom. The molecule has 0 saturated carbocycles. The summed E-state index contributed by atoms with van der Waals surface area (Å²) in [5.74, 6) is 0. The first kappa shape index (κ1) is 15.4. The summed E-state index contributed by atoms with van der Waals surface area (Å²) < 4.78 is 37.4. The van der Waals surface area contributed by atoms with Gasteiger partial charge in [-0.05, 0) is 36.4 Å². The highest BCUT2D eigenvalue weighted by molar-refractivity contribution is 7.99. The molecule has 1 nitrogen and oxygen atoms in total. The summed E-state index contributed by atoms with van der Waals surface area (Å²) in [6.07, 6.45) is -4.35. The molecule has 0 spiro atoms. The Bertz CT molecular complexity index is 603. The van der Waals surface area contributed by atoms with E-state index in [1.54, 1.807) is 12.1 Å². The number of rotatable bonds is 2. The summed E-state index contributed by atoms with van der Waals surface area (Å²) in [5, 5.41) is 0.722. The topological polar surface area (TPSA) is 26.0 Å². The number of anilines is 1. The lowest BCUT2D eigenvalue weighted by atomic mass is 10.2. The van der Waals surface area contributed by atoms with Gasteiger partial charge in [0, 0.05) is 15.5 Å². The van der Waals surface area contributed by atoms with Crippen LogP contribution in [0, 0.1) is 0 Å². The average Bonchev–Trinajstić information content (AvgIpc) is 2.33. The van der Waals surface area contributed by atoms with E-state index in [1.165, 1.54) is 23.9 Å². The third-order valence-corrected chi connectivity index (χ3v) is 4.39. The lowest BCUT2D eigenvalue weighted by molar-refractivity contribution is -0.137. The Hall–Kier alpha value is -1.04. The summed E-state index contributed by atoms with van der Waals surface area (Å²) in [6, 6.07) is 7.86. The van der Waals surface area contributed by atoms with E-state index in [0.717, 1.165) is 12.1 Å². The van der Waals surface area contributed by atoms with Crippen LogP contribution in [0.25, 0.3) is 0 Å². The molecule has 0 radical (unpaired) electrons. The van der Waals surface area contributed by atoms with Gasteiger partial charge in [-0.1, -0.05) is 35.0 Å². The van der Waals surface area contributed by atoms with E-state index in [4.69, 9.17) is 28.9 Å². The molecule has 7 heteroatoms. The molecule has 2 aromatic carbocycles. The van der Waals surface area contributed by atoms with Crippen molar-refractivity contribution in [3.8, 4) is 0 Å². The van der Waals surface area contributed by atoms with Gasteiger partial charge >= 0.3 is 6.18 Å². The van der Waals surface area contributed by atoms with Crippen molar-refractivity contribution in [2.45, 2.75) is 16.0 Å². The van der Waals surface area contributed by atoms with Gasteiger partial charge in [0.15, 0.2) is 0 Å². The fourth-order valence-corrected chi connectivity index (χ4v) is 3.06. The predicted octanol–water partition coefficient (Wildman–Crippen LogP) is 5.75. The summed E-state index contributed by atoms with van der Waals surface area (Å²) >= 11 is 13.2. The lowest BCUT2D eigenvalue weighted by Crippen LogP contribution is -2.03. The van der Waals surface area contributed by atoms with Gasteiger partial charge in [0.25, 0.3) is 0 Å². The Labute approximate surface area is 127 Å². The SMILES string of the molecule is Nc1cc(Cl)c(Sc2ccc(C(F)(F)F)cc2)c(Cl)c1. The molecule has 0 heterocycles. The van der Waals surface area contributed by atoms with Gasteiger partial charge in [-0.25, -0.2) is 0 Å². The summed E-state index contributed by atoms with van der Waals surface area (Å²) in [4.78, 5) is 1.16. The van der Waals surface area contributed by atoms with Crippen LogP contribution < -0.4 is 5.73 Å². The highest BCUT2D eigenvalue weighted by Gasteiger charge is 2.30. The highest BCUT2D eigenvalue weighted by atomic mass is 35.5. The third kappa shape index (κ3) is 3.53. The van der Waals surface area contributed by atoms with Crippen LogP contribution in [0.5, 0.6) is 0 Å². The van der Waals surface area contributed by atoms with Crippen molar-refractivity contribution in [2.24, 2.45) is 0 Å². The van der Waals surface area contributed by atoms with Crippen LogP contribution in [-0.4, -0.2) is 0 Å². The van der Waals surface area contributed by atoms with Crippen molar-refractivity contribution in [1.82, 2.24) is 0 Å². The fourth-order valence-electron chi connectivity index (χ4n) is 1.51. The molecule has 0 bridgehead atoms. The van der Waals surface area contributed by atoms with E-state index < -0.39 is 11.7 Å². The molecule has 2 N–H and O–H groups in total. The molecule has 106 valence electrons. The van der Waals surface area contributed by atoms with Crippen LogP contribution >= 0.6 is 35.0 Å². The maximum atomic E-state index is 12.5. The second-order valence-electron chi connectivity index (χ2n) is 3.94. The Kier molecular flexibility index (Phi) is 4.42. The maximum absolute atomic E-state index is 12.5. The third-order valence-electron chi connectivity index (χ3n) is 2.42. The molecule has 0 aliphatic heterocycles. The zero-order chi connectivity index (χ0) is 14.9. The van der Waals surface area contributed by atoms with Crippen LogP contribution in [0.4, 0.5) is 18.9 Å². The quantitative estimate of drug-likeness (QED) is 0.706. The van der Waals surface area contributed by atoms with Gasteiger partial charge < -0.3 is 5.73 Å². The number of halogens is 5. The minimum Gasteiger partial charge on any atom is -0.399 e. The molecule has 20 heavy (non-hydrogen) atoms. The molecule has 0 fully saturated rings. The Balaban J connectivity index is 2.27. The number of benzene rings is 2. The fraction of sp³-hybridized carbons (Fsp3) is 0.0769. The Morgan fingerprint density at radius 1 is 0.950 bits per heavy atom. The van der Waals surface area contributed by atoms with E-state index in [-0.39, 0.29) is 0 Å². The van der Waals surface area contributed by atoms with E-state index >= 15 is 0 Å². The molecule has 2 aromatic rings. The molecule has 0 aliphatic carbocycles. The summed E-state index contributed by atoms with van der Waals surface area (Å²) in [5.41, 5.74) is 5.32. The number of nitrogens with two attached hydrogens (primary N) is 1. The first-order valence-electron chi connectivity index (χ1n) is 5.37. The zero-order valence-electron chi connectivity index (χ0n) is 9.84. The number of hydrogen-bond donors (Lipinski definition) is 1. The molecule has 0 aromatic heterocycles. The van der Waals surface area contributed by atoms with Crippen LogP contribution in [0.1, 0.15) is 5.56 Å². The van der Waals surface area contributed by atoms with Crippen molar-refractivity contribution in [3.05, 3.63) is 52.0 Å². The predicted molar refractivity (Wildman–Crippen MR) is 76.4 cm³/mol. The van der Waals surface area contributed by atoms with Crippen LogP contribution in [0.2, 0.25) is 10.0 Å². The van der Waals surface area contributed by atoms with Gasteiger partial charge in [0.1, 0.15) is 0 Å². The summed E-state index contributed by atoms with van der Waals surface area (Å²) in [6.45, 7) is 0. The van der Waals surface area contributed by atoms with E-state index in [9.17, 15) is 13.2 Å². The van der Waals surface area contributed by atoms with Crippen molar-refractivity contribution < 1.29 is 13.2 Å². The molecule has 2 rings (SSSR count). The minimum atomic E-state index is -4.35. The van der Waals surface area contributed by atoms with Crippen molar-refractivity contribution in [2.75, 3.05) is 5.73 Å². The lowest BCUT2D eigenvalue weighted by Gasteiger charge is -2.10. The van der Waals surface area contributed by atoms with Crippen LogP contribution in [0.15, 0.2) is 46.2 Å². The number of hydrogen-bond acceptors (Lipinski definition) is 2. The van der Waals surface area contributed by atoms with Gasteiger partial charge in [-0.2, -0.15) is 13.2 Å². The molecule has 0 amide bonds. The van der Waals surface area contributed by atoms with Gasteiger partial charge in [0.2, 0.25) is 0 Å². The van der Waals surface area contributed by atoms with Gasteiger partial charge in [0.05, 0.1) is 15.6 Å². The Morgan fingerprint density at radius 2 is 1.45 bits per heavy atom. The smallest absolute Gasteiger partial charge is 0.399 e. The average molecular weight is 338 g/mol. The largest absolute Gasteiger partial charge is 0.416 e. The minimum absolute atomic E-state index is 0.361. The van der Waals surface area contributed by atoms with E-state index in [0.29, 0.717) is 25.5 Å². The first-order chi connectivity index (χ1) is 9.27. The maximum Gasteiger partial charge on any atom is 0.416 e. The van der Waals surface area contributed by atoms with Crippen molar-refractivity contribution in [1.29, 1.82) is 0 Å². The number of nitrogen functional groups attached to an aromatic ring is 1. The second kappa shape index (κ2) is 5.76. The molecule has 0 aliphatic rings. The zero-order valence-corrected chi connectivity index (χ0v) is 12.2.